The first-order valence-corrected chi connectivity index (χ1v) is 42.7. The van der Waals surface area contributed by atoms with Gasteiger partial charge in [0.15, 0.2) is 12.0 Å². The Bertz CT molecular complexity index is 4260. The Hall–Kier alpha value is -11.1. The highest BCUT2D eigenvalue weighted by Crippen LogP contribution is 2.35. The van der Waals surface area contributed by atoms with Gasteiger partial charge in [0, 0.05) is 41.8 Å². The maximum Gasteiger partial charge on any atom is 0.373 e. The molecule has 0 aliphatic carbocycles. The third-order valence-electron chi connectivity index (χ3n) is 18.1. The number of likely N-dealkylation sites (tertiary alicyclic amines) is 1. The number of ketones is 1. The molecule has 0 saturated carbocycles. The molecule has 0 aromatic heterocycles. The van der Waals surface area contributed by atoms with Crippen molar-refractivity contribution >= 4 is 86.6 Å². The molecule has 0 radical (unpaired) electrons. The number of Topliss-reactive ketones (excluding diaryl/α,β-unsaturated/α-hetero) is 1. The molecule has 6 unspecified atom stereocenters. The highest BCUT2D eigenvalue weighted by atomic mass is 79.9. The van der Waals surface area contributed by atoms with E-state index in [0.717, 1.165) is 109 Å². The molecule has 6 atom stereocenters. The average molecular weight is 1870 g/mol. The Morgan fingerprint density at radius 3 is 1.29 bits per heavy atom. The van der Waals surface area contributed by atoms with Crippen LogP contribution in [0.2, 0.25) is 0 Å². The second-order valence-electron chi connectivity index (χ2n) is 26.8. The Balaban J connectivity index is 0. The third-order valence-corrected chi connectivity index (χ3v) is 19.3. The molecule has 4 N–H and O–H groups in total. The van der Waals surface area contributed by atoms with Crippen LogP contribution in [0.5, 0.6) is 11.5 Å². The topological polar surface area (TPSA) is 336 Å². The van der Waals surface area contributed by atoms with Gasteiger partial charge in [0.25, 0.3) is 6.47 Å². The molecule has 1 fully saturated rings. The number of nitrogens with two attached hydrogens (primary N) is 2. The number of esters is 3. The number of hydrogen-bond donors (Lipinski definition) is 2. The summed E-state index contributed by atoms with van der Waals surface area (Å²) < 4.78 is 94.7. The molecule has 0 spiro atoms. The zero-order chi connectivity index (χ0) is 94.1. The van der Waals surface area contributed by atoms with Crippen LogP contribution in [0.1, 0.15) is 212 Å². The third kappa shape index (κ3) is 51.7. The molecule has 0 amide bonds. The minimum Gasteiger partial charge on any atom is -0.497 e. The van der Waals surface area contributed by atoms with Gasteiger partial charge in [-0.2, -0.15) is 38.4 Å². The number of benzene rings is 8. The maximum absolute atomic E-state index is 13.4. The van der Waals surface area contributed by atoms with Crippen LogP contribution in [0.4, 0.5) is 22.0 Å². The molecule has 8 aromatic rings. The van der Waals surface area contributed by atoms with Gasteiger partial charge in [0.1, 0.15) is 52.7 Å². The highest BCUT2D eigenvalue weighted by Gasteiger charge is 2.37. The first-order chi connectivity index (χ1) is 60.2. The maximum atomic E-state index is 13.4. The van der Waals surface area contributed by atoms with E-state index < -0.39 is 24.3 Å². The number of hydrogen-bond acceptors (Lipinski definition) is 23. The summed E-state index contributed by atoms with van der Waals surface area (Å²) in [5, 5.41) is 2.12. The number of rotatable bonds is 34. The SMILES string of the molecule is CCC1CCN(Cc2ccc(OC)cc2)C(c2ccc(F)cc2)C1=O.CCCCCBr.CCCCCCC(C(=O)OCC)c1ccc(F)cc1.CCCCCN(Cc1ccc(OC)cc1)C(C(=O)OCC)c1ccc(F)cc1.CCOC(=O)C(N)c1ccc(F)cc1.Cc1ccc(CBr)cc1.NC(OC=O)c1ccc(F)cc1.O=C=O.O=C=O.O=C=O.O=C=O. The fourth-order valence-electron chi connectivity index (χ4n) is 11.7. The van der Waals surface area contributed by atoms with Crippen molar-refractivity contribution in [3.63, 3.8) is 0 Å². The van der Waals surface area contributed by atoms with Crippen LogP contribution >= 0.6 is 31.9 Å². The molecular formula is C95H117Br2F5N4O19. The number of unbranched alkanes of at least 4 members (excludes halogenated alkanes) is 7. The summed E-state index contributed by atoms with van der Waals surface area (Å²) in [5.41, 5.74) is 19.4. The van der Waals surface area contributed by atoms with Gasteiger partial charge in [-0.25, -0.2) is 31.5 Å². The molecule has 9 rings (SSSR count). The van der Waals surface area contributed by atoms with Crippen molar-refractivity contribution < 1.29 is 113 Å². The fraction of sp³-hybridized carbons (Fsp3) is 0.400. The summed E-state index contributed by atoms with van der Waals surface area (Å²) in [6.45, 7) is 20.1. The highest BCUT2D eigenvalue weighted by molar-refractivity contribution is 9.09. The first-order valence-electron chi connectivity index (χ1n) is 40.5. The lowest BCUT2D eigenvalue weighted by atomic mass is 9.84. The van der Waals surface area contributed by atoms with Gasteiger partial charge in [-0.15, -0.1) is 0 Å². The number of nitrogens with zero attached hydrogens (tertiary/aromatic N) is 2. The lowest BCUT2D eigenvalue weighted by Gasteiger charge is -2.38. The van der Waals surface area contributed by atoms with Crippen LogP contribution in [0.15, 0.2) is 194 Å². The molecule has 125 heavy (non-hydrogen) atoms. The molecule has 1 heterocycles. The number of halogens is 7. The quantitative estimate of drug-likeness (QED) is 0.00719. The van der Waals surface area contributed by atoms with E-state index in [2.05, 4.69) is 105 Å². The summed E-state index contributed by atoms with van der Waals surface area (Å²) in [6, 6.07) is 52.0. The lowest BCUT2D eigenvalue weighted by Crippen LogP contribution is -2.43. The first kappa shape index (κ1) is 116. The minimum absolute atomic E-state index is 0.0853. The Morgan fingerprint density at radius 2 is 0.880 bits per heavy atom. The zero-order valence-corrected chi connectivity index (χ0v) is 75.7. The zero-order valence-electron chi connectivity index (χ0n) is 72.5. The molecule has 1 aliphatic heterocycles. The number of carbonyl (C=O) groups excluding carboxylic acids is 13. The number of ether oxygens (including phenoxy) is 6. The van der Waals surface area contributed by atoms with Gasteiger partial charge in [0.2, 0.25) is 0 Å². The molecule has 30 heteroatoms. The Kier molecular flexibility index (Phi) is 68.9. The monoisotopic (exact) mass is 1870 g/mol. The van der Waals surface area contributed by atoms with Crippen molar-refractivity contribution in [3.05, 3.63) is 273 Å². The number of piperidine rings is 1. The predicted molar refractivity (Wildman–Crippen MR) is 467 cm³/mol. The van der Waals surface area contributed by atoms with Crippen molar-refractivity contribution in [2.75, 3.05) is 52.5 Å². The summed E-state index contributed by atoms with van der Waals surface area (Å²) in [4.78, 5) is 128. The van der Waals surface area contributed by atoms with E-state index in [0.29, 0.717) is 37.4 Å². The van der Waals surface area contributed by atoms with Gasteiger partial charge < -0.3 is 34.2 Å². The Labute approximate surface area is 747 Å². The summed E-state index contributed by atoms with van der Waals surface area (Å²) in [6.07, 6.45) is 14.3. The average Bonchev–Trinajstić information content (AvgIpc) is 0.795. The van der Waals surface area contributed by atoms with E-state index in [1.165, 1.54) is 133 Å². The van der Waals surface area contributed by atoms with Gasteiger partial charge in [-0.1, -0.05) is 226 Å². The van der Waals surface area contributed by atoms with Crippen LogP contribution in [0.25, 0.3) is 0 Å². The summed E-state index contributed by atoms with van der Waals surface area (Å²) in [7, 11) is 3.28. The van der Waals surface area contributed by atoms with Crippen LogP contribution < -0.4 is 20.9 Å². The summed E-state index contributed by atoms with van der Waals surface area (Å²) >= 11 is 6.73. The molecule has 0 bridgehead atoms. The van der Waals surface area contributed by atoms with Crippen molar-refractivity contribution in [2.45, 2.75) is 188 Å². The fourth-order valence-corrected chi connectivity index (χ4v) is 12.5. The van der Waals surface area contributed by atoms with Crippen molar-refractivity contribution in [1.29, 1.82) is 0 Å². The van der Waals surface area contributed by atoms with Crippen LogP contribution in [-0.2, 0) is 99.7 Å². The van der Waals surface area contributed by atoms with Crippen molar-refractivity contribution in [3.8, 4) is 11.5 Å². The summed E-state index contributed by atoms with van der Waals surface area (Å²) in [5.74, 6) is -0.919. The van der Waals surface area contributed by atoms with Crippen LogP contribution in [0, 0.1) is 41.9 Å². The molecule has 8 aromatic carbocycles. The van der Waals surface area contributed by atoms with E-state index >= 15 is 0 Å². The largest absolute Gasteiger partial charge is 0.497 e. The smallest absolute Gasteiger partial charge is 0.373 e. The van der Waals surface area contributed by atoms with E-state index in [9.17, 15) is 45.9 Å². The van der Waals surface area contributed by atoms with Gasteiger partial charge >= 0.3 is 42.5 Å². The van der Waals surface area contributed by atoms with E-state index in [1.54, 1.807) is 71.4 Å². The Morgan fingerprint density at radius 1 is 0.488 bits per heavy atom. The second kappa shape index (κ2) is 74.3. The van der Waals surface area contributed by atoms with Gasteiger partial charge in [-0.3, -0.25) is 29.9 Å². The molecule has 1 saturated heterocycles. The normalized spacial score (nSPS) is 12.7. The van der Waals surface area contributed by atoms with Crippen LogP contribution in [-0.4, -0.2) is 117 Å². The van der Waals surface area contributed by atoms with E-state index in [4.69, 9.17) is 73.5 Å². The molecule has 680 valence electrons. The number of alkyl halides is 2. The minimum atomic E-state index is -0.837. The predicted octanol–water partition coefficient (Wildman–Crippen LogP) is 19.4. The second-order valence-corrected chi connectivity index (χ2v) is 28.2. The van der Waals surface area contributed by atoms with Crippen LogP contribution in [0.3, 0.4) is 0 Å². The number of aryl methyl sites for hydroxylation is 1. The number of carbonyl (C=O) groups is 5. The lowest BCUT2D eigenvalue weighted by molar-refractivity contribution is -0.193. The van der Waals surface area contributed by atoms with Gasteiger partial charge in [-0.05, 0) is 190 Å². The van der Waals surface area contributed by atoms with E-state index in [1.807, 2.05) is 48.5 Å². The van der Waals surface area contributed by atoms with E-state index in [-0.39, 0.29) is 102 Å². The standard InChI is InChI=1S/C23H30FNO3.C21H24FNO2.C16H23FO2.C10H12FNO2.C8H9Br.C8H8FNO2.C5H11Br.4CO2/c1-4-6-7-16-25(17-18-8-14-21(27-3)15-9-18)22(23(26)28-5-2)19-10-12-20(24)13-11-19;1-3-16-12-13-23(14-15-4-10-19(25-2)11-5-15)20(21(16)24)17-6-8-18(22)9-7-17;1-3-5-6-7-8-15(16(18)19-4-2)13-9-11-14(17)12-10-13;1-2-14-10(13)9(12)7-3-5-8(11)6-4-7;1-7-2-4-8(6-9)5-3-7;9-7-3-1-6(2-4-7)8(10)12-5-11;1-2-3-4-5-6;4*2-1-3/h8-15,22H,4-7,16-17H2,1-3H3;4-11,16,20H,3,12-14H2,1-2H3;9-12,15H,3-8H2,1-2H3;3-6,9H,2,12H2,1H3;2-5H,6H2,1H3;1-5,8H,10H2;2-5H2,1H3;;;;. The van der Waals surface area contributed by atoms with Gasteiger partial charge in [0.05, 0.1) is 46.0 Å². The molecule has 1 aliphatic rings. The van der Waals surface area contributed by atoms with Crippen molar-refractivity contribution in [2.24, 2.45) is 17.4 Å². The molecule has 23 nitrogen and oxygen atoms in total. The molecular weight excluding hydrogens is 1760 g/mol. The van der Waals surface area contributed by atoms with Crippen molar-refractivity contribution in [1.82, 2.24) is 9.80 Å². The number of methoxy groups -OCH3 is 2.